The second kappa shape index (κ2) is 3.48. The molecule has 0 spiro atoms. The molecule has 0 unspecified atom stereocenters. The van der Waals surface area contributed by atoms with Crippen LogP contribution < -0.4 is 4.74 Å². The first-order chi connectivity index (χ1) is 7.75. The summed E-state index contributed by atoms with van der Waals surface area (Å²) in [7, 11) is 0. The summed E-state index contributed by atoms with van der Waals surface area (Å²) in [6, 6.07) is 5.97. The van der Waals surface area contributed by atoms with Crippen LogP contribution in [0.4, 0.5) is 0 Å². The molecule has 0 radical (unpaired) electrons. The summed E-state index contributed by atoms with van der Waals surface area (Å²) in [4.78, 5) is 10.9. The number of allylic oxidation sites excluding steroid dienone is 2. The normalized spacial score (nSPS) is 21.3. The molecule has 0 aliphatic heterocycles. The van der Waals surface area contributed by atoms with E-state index < -0.39 is 0 Å². The van der Waals surface area contributed by atoms with Gasteiger partial charge < -0.3 is 4.74 Å². The van der Waals surface area contributed by atoms with Crippen LogP contribution in [-0.4, -0.2) is 5.97 Å². The number of carbonyl (C=O) groups is 1. The van der Waals surface area contributed by atoms with Crippen molar-refractivity contribution in [2.45, 2.75) is 32.1 Å². The molecule has 0 amide bonds. The van der Waals surface area contributed by atoms with Crippen molar-refractivity contribution in [2.24, 2.45) is 0 Å². The van der Waals surface area contributed by atoms with Gasteiger partial charge in [0, 0.05) is 12.8 Å². The van der Waals surface area contributed by atoms with Crippen LogP contribution in [-0.2, 0) is 4.79 Å². The van der Waals surface area contributed by atoms with Gasteiger partial charge in [-0.25, -0.2) is 0 Å². The number of carbonyl (C=O) groups excluding carboxylic acids is 1. The Hall–Kier alpha value is -1.57. The minimum Gasteiger partial charge on any atom is -0.427 e. The Kier molecular flexibility index (Phi) is 2.10. The Morgan fingerprint density at radius 1 is 1.44 bits per heavy atom. The number of ether oxygens (including phenoxy) is 1. The molecule has 0 N–H and O–H groups in total. The number of rotatable bonds is 1. The zero-order valence-corrected chi connectivity index (χ0v) is 9.32. The van der Waals surface area contributed by atoms with E-state index in [1.165, 1.54) is 42.9 Å². The van der Waals surface area contributed by atoms with E-state index in [1.807, 2.05) is 12.1 Å². The highest BCUT2D eigenvalue weighted by atomic mass is 16.5. The third-order valence-electron chi connectivity index (χ3n) is 3.41. The van der Waals surface area contributed by atoms with E-state index in [1.54, 1.807) is 0 Å². The molecule has 0 bridgehead atoms. The largest absolute Gasteiger partial charge is 0.427 e. The first kappa shape index (κ1) is 9.64. The molecule has 82 valence electrons. The van der Waals surface area contributed by atoms with Gasteiger partial charge in [-0.05, 0) is 48.1 Å². The molecule has 2 nitrogen and oxygen atoms in total. The molecular formula is C14H14O2. The molecule has 16 heavy (non-hydrogen) atoms. The molecule has 0 fully saturated rings. The van der Waals surface area contributed by atoms with Gasteiger partial charge in [-0.2, -0.15) is 0 Å². The monoisotopic (exact) mass is 214 g/mol. The summed E-state index contributed by atoms with van der Waals surface area (Å²) in [5.74, 6) is 1.02. The number of esters is 1. The van der Waals surface area contributed by atoms with Crippen LogP contribution in [0.25, 0.3) is 5.57 Å². The van der Waals surface area contributed by atoms with E-state index in [4.69, 9.17) is 4.74 Å². The van der Waals surface area contributed by atoms with Crippen LogP contribution in [0.2, 0.25) is 0 Å². The molecule has 1 aromatic carbocycles. The third-order valence-corrected chi connectivity index (χ3v) is 3.41. The van der Waals surface area contributed by atoms with Crippen molar-refractivity contribution >= 4 is 11.5 Å². The molecule has 0 aromatic heterocycles. The average Bonchev–Trinajstić information content (AvgIpc) is 2.26. The summed E-state index contributed by atoms with van der Waals surface area (Å²) in [6.07, 6.45) is 6.06. The first-order valence-electron chi connectivity index (χ1n) is 5.78. The van der Waals surface area contributed by atoms with Gasteiger partial charge in [0.15, 0.2) is 0 Å². The Morgan fingerprint density at radius 2 is 2.31 bits per heavy atom. The fourth-order valence-corrected chi connectivity index (χ4v) is 2.74. The van der Waals surface area contributed by atoms with Gasteiger partial charge in [0.1, 0.15) is 5.75 Å². The molecule has 2 aliphatic rings. The minimum absolute atomic E-state index is 0.251. The van der Waals surface area contributed by atoms with E-state index in [0.717, 1.165) is 0 Å². The average molecular weight is 214 g/mol. The predicted molar refractivity (Wildman–Crippen MR) is 62.3 cm³/mol. The Bertz CT molecular complexity index is 486. The summed E-state index contributed by atoms with van der Waals surface area (Å²) < 4.78 is 5.11. The van der Waals surface area contributed by atoms with Crippen LogP contribution in [0.3, 0.4) is 0 Å². The quantitative estimate of drug-likeness (QED) is 0.529. The summed E-state index contributed by atoms with van der Waals surface area (Å²) in [6.45, 7) is 1.44. The number of hydrogen-bond acceptors (Lipinski definition) is 2. The van der Waals surface area contributed by atoms with E-state index in [9.17, 15) is 4.79 Å². The van der Waals surface area contributed by atoms with Gasteiger partial charge in [-0.3, -0.25) is 4.79 Å². The van der Waals surface area contributed by atoms with Crippen molar-refractivity contribution in [3.63, 3.8) is 0 Å². The first-order valence-corrected chi connectivity index (χ1v) is 5.78. The number of benzene rings is 1. The molecule has 0 saturated carbocycles. The van der Waals surface area contributed by atoms with Crippen molar-refractivity contribution in [1.29, 1.82) is 0 Å². The highest BCUT2D eigenvalue weighted by molar-refractivity contribution is 5.85. The van der Waals surface area contributed by atoms with Gasteiger partial charge in [0.2, 0.25) is 0 Å². The van der Waals surface area contributed by atoms with Gasteiger partial charge in [-0.1, -0.05) is 12.1 Å². The van der Waals surface area contributed by atoms with Gasteiger partial charge >= 0.3 is 5.97 Å². The second-order valence-electron chi connectivity index (χ2n) is 4.49. The summed E-state index contributed by atoms with van der Waals surface area (Å²) in [5.41, 5.74) is 4.20. The third kappa shape index (κ3) is 1.37. The van der Waals surface area contributed by atoms with Crippen molar-refractivity contribution < 1.29 is 9.53 Å². The lowest BCUT2D eigenvalue weighted by atomic mass is 9.68. The van der Waals surface area contributed by atoms with Gasteiger partial charge in [0.05, 0.1) is 0 Å². The molecule has 0 heterocycles. The summed E-state index contributed by atoms with van der Waals surface area (Å²) >= 11 is 0. The summed E-state index contributed by atoms with van der Waals surface area (Å²) in [5, 5.41) is 0. The molecule has 0 saturated heterocycles. The second-order valence-corrected chi connectivity index (χ2v) is 4.49. The minimum atomic E-state index is -0.251. The number of hydrogen-bond donors (Lipinski definition) is 0. The molecule has 2 heteroatoms. The van der Waals surface area contributed by atoms with E-state index in [0.29, 0.717) is 11.7 Å². The number of fused-ring (bicyclic) bond motifs is 4. The van der Waals surface area contributed by atoms with E-state index in [-0.39, 0.29) is 5.97 Å². The highest BCUT2D eigenvalue weighted by Crippen LogP contribution is 2.51. The molecule has 1 atom stereocenters. The van der Waals surface area contributed by atoms with Crippen LogP contribution in [0.15, 0.2) is 24.3 Å². The maximum absolute atomic E-state index is 10.9. The standard InChI is InChI=1S/C14H14O2/c1-9(15)16-10-6-7-13-11-4-2-3-5-12(11)14(13)8-10/h4,6-8,12H,2-3,5H2,1H3/t12-/m1/s1. The predicted octanol–water partition coefficient (Wildman–Crippen LogP) is 3.28. The van der Waals surface area contributed by atoms with Crippen molar-refractivity contribution in [3.8, 4) is 5.75 Å². The van der Waals surface area contributed by atoms with Crippen molar-refractivity contribution in [3.05, 3.63) is 35.4 Å². The lowest BCUT2D eigenvalue weighted by Gasteiger charge is -2.36. The van der Waals surface area contributed by atoms with Crippen LogP contribution in [0, 0.1) is 0 Å². The van der Waals surface area contributed by atoms with Crippen molar-refractivity contribution in [2.75, 3.05) is 0 Å². The lowest BCUT2D eigenvalue weighted by Crippen LogP contribution is -2.18. The maximum Gasteiger partial charge on any atom is 0.308 e. The lowest BCUT2D eigenvalue weighted by molar-refractivity contribution is -0.131. The van der Waals surface area contributed by atoms with Gasteiger partial charge in [-0.15, -0.1) is 0 Å². The molecule has 3 rings (SSSR count). The topological polar surface area (TPSA) is 26.3 Å². The zero-order valence-electron chi connectivity index (χ0n) is 9.32. The molecule has 2 aliphatic carbocycles. The highest BCUT2D eigenvalue weighted by Gasteiger charge is 2.33. The van der Waals surface area contributed by atoms with Crippen LogP contribution >= 0.6 is 0 Å². The SMILES string of the molecule is CC(=O)Oc1ccc2c(c1)[C@@H]1CCCC=C21. The molecule has 1 aromatic rings. The van der Waals surface area contributed by atoms with Gasteiger partial charge in [0.25, 0.3) is 0 Å². The zero-order chi connectivity index (χ0) is 11.1. The van der Waals surface area contributed by atoms with Crippen molar-refractivity contribution in [1.82, 2.24) is 0 Å². The van der Waals surface area contributed by atoms with E-state index >= 15 is 0 Å². The maximum atomic E-state index is 10.9. The molecular weight excluding hydrogens is 200 g/mol. The Morgan fingerprint density at radius 3 is 3.12 bits per heavy atom. The van der Waals surface area contributed by atoms with E-state index in [2.05, 4.69) is 12.1 Å². The fourth-order valence-electron chi connectivity index (χ4n) is 2.74. The fraction of sp³-hybridized carbons (Fsp3) is 0.357. The smallest absolute Gasteiger partial charge is 0.308 e. The Balaban J connectivity index is 1.95. The van der Waals surface area contributed by atoms with Crippen LogP contribution in [0.1, 0.15) is 43.2 Å². The Labute approximate surface area is 94.9 Å². The van der Waals surface area contributed by atoms with Crippen LogP contribution in [0.5, 0.6) is 5.75 Å².